The molecule has 0 saturated heterocycles. The molecule has 108 valence electrons. The number of aliphatic hydroxyl groups excluding tert-OH is 1. The van der Waals surface area contributed by atoms with Gasteiger partial charge in [-0.2, -0.15) is 0 Å². The van der Waals surface area contributed by atoms with Crippen LogP contribution < -0.4 is 4.74 Å². The molecule has 0 heterocycles. The van der Waals surface area contributed by atoms with Crippen LogP contribution in [0.15, 0.2) is 30.2 Å². The molecule has 4 nitrogen and oxygen atoms in total. The van der Waals surface area contributed by atoms with Gasteiger partial charge >= 0.3 is 5.97 Å². The van der Waals surface area contributed by atoms with Crippen molar-refractivity contribution < 1.29 is 19.7 Å². The highest BCUT2D eigenvalue weighted by molar-refractivity contribution is 5.84. The quantitative estimate of drug-likeness (QED) is 0.646. The van der Waals surface area contributed by atoms with E-state index in [0.717, 1.165) is 5.56 Å². The summed E-state index contributed by atoms with van der Waals surface area (Å²) in [5.74, 6) is -0.724. The molecule has 1 saturated carbocycles. The zero-order valence-electron chi connectivity index (χ0n) is 11.6. The highest BCUT2D eigenvalue weighted by Crippen LogP contribution is 2.35. The molecule has 20 heavy (non-hydrogen) atoms. The third-order valence-electron chi connectivity index (χ3n) is 3.84. The van der Waals surface area contributed by atoms with Crippen molar-refractivity contribution in [1.82, 2.24) is 0 Å². The third-order valence-corrected chi connectivity index (χ3v) is 3.84. The molecular weight excluding hydrogens is 256 g/mol. The summed E-state index contributed by atoms with van der Waals surface area (Å²) in [7, 11) is 0. The molecule has 0 bridgehead atoms. The zero-order valence-corrected chi connectivity index (χ0v) is 11.6. The molecule has 0 amide bonds. The van der Waals surface area contributed by atoms with E-state index < -0.39 is 11.7 Å². The molecule has 1 aromatic rings. The second kappa shape index (κ2) is 6.46. The van der Waals surface area contributed by atoms with E-state index in [9.17, 15) is 4.79 Å². The summed E-state index contributed by atoms with van der Waals surface area (Å²) in [5, 5.41) is 17.8. The molecule has 0 aromatic heterocycles. The summed E-state index contributed by atoms with van der Waals surface area (Å²) < 4.78 is 5.30. The van der Waals surface area contributed by atoms with Gasteiger partial charge in [-0.05, 0) is 42.9 Å². The van der Waals surface area contributed by atoms with Crippen LogP contribution in [-0.2, 0) is 4.79 Å². The zero-order chi connectivity index (χ0) is 14.5. The second-order valence-electron chi connectivity index (χ2n) is 5.26. The van der Waals surface area contributed by atoms with Gasteiger partial charge in [-0.3, -0.25) is 0 Å². The van der Waals surface area contributed by atoms with E-state index in [1.807, 2.05) is 19.1 Å². The summed E-state index contributed by atoms with van der Waals surface area (Å²) in [4.78, 5) is 10.9. The fraction of sp³-hybridized carbons (Fsp3) is 0.438. The van der Waals surface area contributed by atoms with Gasteiger partial charge in [0.2, 0.25) is 5.76 Å². The van der Waals surface area contributed by atoms with Crippen LogP contribution in [0.3, 0.4) is 0 Å². The van der Waals surface area contributed by atoms with Crippen LogP contribution in [-0.4, -0.2) is 16.2 Å². The third kappa shape index (κ3) is 3.32. The minimum atomic E-state index is -1.28. The van der Waals surface area contributed by atoms with Crippen LogP contribution in [0.2, 0.25) is 0 Å². The highest BCUT2D eigenvalue weighted by atomic mass is 16.5. The summed E-state index contributed by atoms with van der Waals surface area (Å²) in [6.07, 6.45) is 6.60. The Labute approximate surface area is 118 Å². The van der Waals surface area contributed by atoms with Gasteiger partial charge in [-0.1, -0.05) is 31.4 Å². The number of benzene rings is 1. The van der Waals surface area contributed by atoms with Crippen molar-refractivity contribution in [3.05, 3.63) is 41.3 Å². The van der Waals surface area contributed by atoms with E-state index in [1.54, 1.807) is 0 Å². The topological polar surface area (TPSA) is 66.8 Å². The van der Waals surface area contributed by atoms with E-state index in [4.69, 9.17) is 14.9 Å². The number of aryl methyl sites for hydroxylation is 1. The van der Waals surface area contributed by atoms with E-state index in [0.29, 0.717) is 17.9 Å². The van der Waals surface area contributed by atoms with Gasteiger partial charge in [0.05, 0.1) is 0 Å². The smallest absolute Gasteiger partial charge is 0.375 e. The van der Waals surface area contributed by atoms with Crippen LogP contribution in [0.1, 0.15) is 49.1 Å². The first-order valence-electron chi connectivity index (χ1n) is 6.98. The second-order valence-corrected chi connectivity index (χ2v) is 5.26. The van der Waals surface area contributed by atoms with E-state index >= 15 is 0 Å². The lowest BCUT2D eigenvalue weighted by Gasteiger charge is -2.22. The van der Waals surface area contributed by atoms with Crippen molar-refractivity contribution in [2.75, 3.05) is 0 Å². The standard InChI is InChI=1S/C16H20O4/c1-11-7-8-13(12-5-3-2-4-6-12)9-14(11)20-15(10-17)16(18)19/h7-10,12,17H,2-6H2,1H3,(H,18,19)/b15-10+. The monoisotopic (exact) mass is 276 g/mol. The van der Waals surface area contributed by atoms with Crippen LogP contribution in [0, 0.1) is 6.92 Å². The molecule has 0 atom stereocenters. The Morgan fingerprint density at radius 3 is 2.60 bits per heavy atom. The maximum absolute atomic E-state index is 10.9. The number of carboxylic acid groups (broad SMARTS) is 1. The van der Waals surface area contributed by atoms with Crippen LogP contribution in [0.4, 0.5) is 0 Å². The van der Waals surface area contributed by atoms with Gasteiger partial charge in [0, 0.05) is 0 Å². The Morgan fingerprint density at radius 1 is 1.30 bits per heavy atom. The molecule has 1 fully saturated rings. The lowest BCUT2D eigenvalue weighted by Crippen LogP contribution is -2.09. The number of hydrogen-bond acceptors (Lipinski definition) is 3. The lowest BCUT2D eigenvalue weighted by molar-refractivity contribution is -0.135. The first-order valence-corrected chi connectivity index (χ1v) is 6.98. The van der Waals surface area contributed by atoms with Crippen LogP contribution in [0.25, 0.3) is 0 Å². The first-order chi connectivity index (χ1) is 9.61. The number of aliphatic hydroxyl groups is 1. The van der Waals surface area contributed by atoms with E-state index in [-0.39, 0.29) is 0 Å². The van der Waals surface area contributed by atoms with Crippen molar-refractivity contribution in [3.8, 4) is 5.75 Å². The maximum Gasteiger partial charge on any atom is 0.375 e. The van der Waals surface area contributed by atoms with Crippen LogP contribution in [0.5, 0.6) is 5.75 Å². The lowest BCUT2D eigenvalue weighted by atomic mass is 9.84. The molecule has 0 radical (unpaired) electrons. The van der Waals surface area contributed by atoms with E-state index in [1.165, 1.54) is 37.7 Å². The Kier molecular flexibility index (Phi) is 4.66. The molecule has 1 aliphatic rings. The van der Waals surface area contributed by atoms with Gasteiger partial charge in [0.1, 0.15) is 12.0 Å². The normalized spacial score (nSPS) is 16.9. The van der Waals surface area contributed by atoms with Crippen molar-refractivity contribution >= 4 is 5.97 Å². The van der Waals surface area contributed by atoms with Crippen molar-refractivity contribution in [1.29, 1.82) is 0 Å². The first kappa shape index (κ1) is 14.4. The predicted molar refractivity (Wildman–Crippen MR) is 76.0 cm³/mol. The maximum atomic E-state index is 10.9. The largest absolute Gasteiger partial charge is 0.511 e. The van der Waals surface area contributed by atoms with Gasteiger partial charge in [-0.25, -0.2) is 4.79 Å². The predicted octanol–water partition coefficient (Wildman–Crippen LogP) is 3.91. The molecule has 0 unspecified atom stereocenters. The Balaban J connectivity index is 2.22. The average Bonchev–Trinajstić information content (AvgIpc) is 2.47. The Hall–Kier alpha value is -1.97. The van der Waals surface area contributed by atoms with Gasteiger partial charge in [0.15, 0.2) is 0 Å². The molecule has 0 spiro atoms. The number of hydrogen-bond donors (Lipinski definition) is 2. The SMILES string of the molecule is Cc1ccc(C2CCCCC2)cc1O/C(=C/O)C(=O)O. The minimum Gasteiger partial charge on any atom is -0.511 e. The molecule has 1 aliphatic carbocycles. The Bertz CT molecular complexity index is 513. The number of rotatable bonds is 4. The summed E-state index contributed by atoms with van der Waals surface area (Å²) in [6, 6.07) is 5.93. The van der Waals surface area contributed by atoms with Crippen molar-refractivity contribution in [3.63, 3.8) is 0 Å². The number of carboxylic acids is 1. The summed E-state index contributed by atoms with van der Waals surface area (Å²) in [5.41, 5.74) is 2.04. The summed E-state index contributed by atoms with van der Waals surface area (Å²) >= 11 is 0. The van der Waals surface area contributed by atoms with Gasteiger partial charge < -0.3 is 14.9 Å². The molecular formula is C16H20O4. The van der Waals surface area contributed by atoms with Gasteiger partial charge in [-0.15, -0.1) is 0 Å². The number of aliphatic carboxylic acids is 1. The molecule has 4 heteroatoms. The highest BCUT2D eigenvalue weighted by Gasteiger charge is 2.18. The molecule has 2 rings (SSSR count). The van der Waals surface area contributed by atoms with Crippen LogP contribution >= 0.6 is 0 Å². The molecule has 1 aromatic carbocycles. The van der Waals surface area contributed by atoms with E-state index in [2.05, 4.69) is 6.07 Å². The average molecular weight is 276 g/mol. The van der Waals surface area contributed by atoms with Crippen molar-refractivity contribution in [2.24, 2.45) is 0 Å². The minimum absolute atomic E-state index is 0.464. The summed E-state index contributed by atoms with van der Waals surface area (Å²) in [6.45, 7) is 1.86. The van der Waals surface area contributed by atoms with Gasteiger partial charge in [0.25, 0.3) is 0 Å². The molecule has 2 N–H and O–H groups in total. The van der Waals surface area contributed by atoms with Crippen molar-refractivity contribution in [2.45, 2.75) is 44.9 Å². The fourth-order valence-electron chi connectivity index (χ4n) is 2.66. The number of ether oxygens (including phenoxy) is 1. The number of carbonyl (C=O) groups is 1. The fourth-order valence-corrected chi connectivity index (χ4v) is 2.66. The molecule has 0 aliphatic heterocycles. The Morgan fingerprint density at radius 2 is 2.00 bits per heavy atom.